The number of aromatic nitrogens is 3. The van der Waals surface area contributed by atoms with Gasteiger partial charge in [0.1, 0.15) is 0 Å². The van der Waals surface area contributed by atoms with Gasteiger partial charge in [0.15, 0.2) is 11.6 Å². The molecule has 2 heterocycles. The van der Waals surface area contributed by atoms with Gasteiger partial charge in [0, 0.05) is 22.5 Å². The summed E-state index contributed by atoms with van der Waals surface area (Å²) in [4.78, 5) is 17.6. The Balaban J connectivity index is 1.74. The van der Waals surface area contributed by atoms with Crippen molar-refractivity contribution in [3.05, 3.63) is 107 Å². The normalized spacial score (nSPS) is 11.3. The van der Waals surface area contributed by atoms with Gasteiger partial charge in [-0.25, -0.2) is 13.5 Å². The standard InChI is InChI=1S/C24H15F2N3O/c25-20-11-10-16(13-21(20)26)23-18-8-1-2-9-19(18)24(30)29(28-23)14-17-6-3-5-15-7-4-12-27-22(15)17/h1-13H,14H2. The van der Waals surface area contributed by atoms with Gasteiger partial charge < -0.3 is 0 Å². The lowest BCUT2D eigenvalue weighted by atomic mass is 10.0. The van der Waals surface area contributed by atoms with Crippen LogP contribution in [0.1, 0.15) is 5.56 Å². The maximum atomic E-state index is 13.9. The van der Waals surface area contributed by atoms with E-state index < -0.39 is 11.6 Å². The van der Waals surface area contributed by atoms with Crippen molar-refractivity contribution in [2.45, 2.75) is 6.54 Å². The second-order valence-electron chi connectivity index (χ2n) is 6.98. The number of rotatable bonds is 3. The first-order chi connectivity index (χ1) is 14.6. The van der Waals surface area contributed by atoms with E-state index in [0.717, 1.165) is 28.6 Å². The summed E-state index contributed by atoms with van der Waals surface area (Å²) in [5, 5.41) is 6.54. The zero-order valence-corrected chi connectivity index (χ0v) is 15.7. The van der Waals surface area contributed by atoms with E-state index in [1.807, 2.05) is 30.3 Å². The minimum Gasteiger partial charge on any atom is -0.267 e. The number of halogens is 2. The van der Waals surface area contributed by atoms with E-state index in [9.17, 15) is 13.6 Å². The predicted octanol–water partition coefficient (Wildman–Crippen LogP) is 4.94. The maximum absolute atomic E-state index is 13.9. The Hall–Kier alpha value is -3.93. The average Bonchev–Trinajstić information content (AvgIpc) is 2.78. The first-order valence-corrected chi connectivity index (χ1v) is 9.40. The topological polar surface area (TPSA) is 47.8 Å². The predicted molar refractivity (Wildman–Crippen MR) is 112 cm³/mol. The summed E-state index contributed by atoms with van der Waals surface area (Å²) in [7, 11) is 0. The molecule has 5 aromatic rings. The number of pyridine rings is 1. The molecule has 5 rings (SSSR count). The molecule has 4 nitrogen and oxygen atoms in total. The highest BCUT2D eigenvalue weighted by Gasteiger charge is 2.15. The molecule has 0 aliphatic heterocycles. The molecular formula is C24H15F2N3O. The Morgan fingerprint density at radius 2 is 1.63 bits per heavy atom. The van der Waals surface area contributed by atoms with Gasteiger partial charge in [-0.2, -0.15) is 5.10 Å². The molecule has 0 saturated carbocycles. The van der Waals surface area contributed by atoms with E-state index in [0.29, 0.717) is 22.0 Å². The fourth-order valence-electron chi connectivity index (χ4n) is 3.66. The van der Waals surface area contributed by atoms with E-state index in [1.54, 1.807) is 30.5 Å². The molecule has 0 fully saturated rings. The van der Waals surface area contributed by atoms with Gasteiger partial charge in [-0.3, -0.25) is 9.78 Å². The van der Waals surface area contributed by atoms with Gasteiger partial charge in [0.2, 0.25) is 0 Å². The van der Waals surface area contributed by atoms with Crippen LogP contribution >= 0.6 is 0 Å². The second-order valence-corrected chi connectivity index (χ2v) is 6.98. The van der Waals surface area contributed by atoms with Gasteiger partial charge >= 0.3 is 0 Å². The molecule has 3 aromatic carbocycles. The first kappa shape index (κ1) is 18.1. The summed E-state index contributed by atoms with van der Waals surface area (Å²) >= 11 is 0. The molecule has 0 spiro atoms. The van der Waals surface area contributed by atoms with Gasteiger partial charge in [0.05, 0.1) is 23.1 Å². The maximum Gasteiger partial charge on any atom is 0.274 e. The number of hydrogen-bond acceptors (Lipinski definition) is 3. The minimum atomic E-state index is -0.964. The lowest BCUT2D eigenvalue weighted by Crippen LogP contribution is -2.24. The van der Waals surface area contributed by atoms with Crippen LogP contribution in [0.3, 0.4) is 0 Å². The summed E-state index contributed by atoms with van der Waals surface area (Å²) in [6, 6.07) is 20.2. The molecule has 2 aromatic heterocycles. The van der Waals surface area contributed by atoms with Crippen LogP contribution in [0.4, 0.5) is 8.78 Å². The molecule has 0 N–H and O–H groups in total. The molecule has 146 valence electrons. The van der Waals surface area contributed by atoms with Crippen molar-refractivity contribution >= 4 is 21.7 Å². The fourth-order valence-corrected chi connectivity index (χ4v) is 3.66. The summed E-state index contributed by atoms with van der Waals surface area (Å²) < 4.78 is 28.7. The molecule has 0 amide bonds. The summed E-state index contributed by atoms with van der Waals surface area (Å²) in [5.41, 5.74) is 2.18. The molecule has 30 heavy (non-hydrogen) atoms. The highest BCUT2D eigenvalue weighted by Crippen LogP contribution is 2.26. The smallest absolute Gasteiger partial charge is 0.267 e. The number of nitrogens with zero attached hydrogens (tertiary/aromatic N) is 3. The summed E-state index contributed by atoms with van der Waals surface area (Å²) in [6.45, 7) is 0.203. The average molecular weight is 399 g/mol. The van der Waals surface area contributed by atoms with Crippen LogP contribution in [0.5, 0.6) is 0 Å². The van der Waals surface area contributed by atoms with Crippen molar-refractivity contribution in [1.82, 2.24) is 14.8 Å². The Labute approximate surface area is 170 Å². The van der Waals surface area contributed by atoms with Crippen LogP contribution in [-0.2, 0) is 6.54 Å². The van der Waals surface area contributed by atoms with Gasteiger partial charge in [-0.1, -0.05) is 42.5 Å². The first-order valence-electron chi connectivity index (χ1n) is 9.40. The Bertz CT molecular complexity index is 1470. The van der Waals surface area contributed by atoms with Gasteiger partial charge in [0.25, 0.3) is 5.56 Å². The third-order valence-electron chi connectivity index (χ3n) is 5.10. The highest BCUT2D eigenvalue weighted by atomic mass is 19.2. The second kappa shape index (κ2) is 7.15. The van der Waals surface area contributed by atoms with E-state index in [2.05, 4.69) is 10.1 Å². The van der Waals surface area contributed by atoms with Crippen LogP contribution in [-0.4, -0.2) is 14.8 Å². The Kier molecular flexibility index (Phi) is 4.32. The van der Waals surface area contributed by atoms with Gasteiger partial charge in [-0.05, 0) is 35.9 Å². The molecule has 0 bridgehead atoms. The van der Waals surface area contributed by atoms with Crippen molar-refractivity contribution in [2.24, 2.45) is 0 Å². The summed E-state index contributed by atoms with van der Waals surface area (Å²) in [6.07, 6.45) is 1.70. The van der Waals surface area contributed by atoms with Crippen LogP contribution in [0.2, 0.25) is 0 Å². The number of para-hydroxylation sites is 1. The Morgan fingerprint density at radius 3 is 2.47 bits per heavy atom. The SMILES string of the molecule is O=c1c2ccccc2c(-c2ccc(F)c(F)c2)nn1Cc1cccc2cccnc12. The zero-order valence-electron chi connectivity index (χ0n) is 15.7. The van der Waals surface area contributed by atoms with Gasteiger partial charge in [-0.15, -0.1) is 0 Å². The third-order valence-corrected chi connectivity index (χ3v) is 5.10. The van der Waals surface area contributed by atoms with Crippen LogP contribution in [0.25, 0.3) is 32.9 Å². The quantitative estimate of drug-likeness (QED) is 0.432. The highest BCUT2D eigenvalue weighted by molar-refractivity contribution is 5.93. The molecule has 0 aliphatic carbocycles. The molecule has 0 atom stereocenters. The molecule has 0 aliphatic rings. The van der Waals surface area contributed by atoms with E-state index in [-0.39, 0.29) is 12.1 Å². The largest absolute Gasteiger partial charge is 0.274 e. The van der Waals surface area contributed by atoms with E-state index >= 15 is 0 Å². The third kappa shape index (κ3) is 3.03. The molecule has 6 heteroatoms. The zero-order chi connectivity index (χ0) is 20.7. The Morgan fingerprint density at radius 1 is 0.833 bits per heavy atom. The van der Waals surface area contributed by atoms with Crippen molar-refractivity contribution in [3.8, 4) is 11.3 Å². The number of benzene rings is 3. The summed E-state index contributed by atoms with van der Waals surface area (Å²) in [5.74, 6) is -1.90. The minimum absolute atomic E-state index is 0.203. The van der Waals surface area contributed by atoms with Crippen molar-refractivity contribution in [1.29, 1.82) is 0 Å². The number of fused-ring (bicyclic) bond motifs is 2. The van der Waals surface area contributed by atoms with Crippen LogP contribution in [0.15, 0.2) is 83.8 Å². The van der Waals surface area contributed by atoms with Crippen molar-refractivity contribution in [2.75, 3.05) is 0 Å². The van der Waals surface area contributed by atoms with E-state index in [1.165, 1.54) is 10.7 Å². The van der Waals surface area contributed by atoms with Crippen LogP contribution < -0.4 is 5.56 Å². The number of hydrogen-bond donors (Lipinski definition) is 0. The molecule has 0 unspecified atom stereocenters. The monoisotopic (exact) mass is 399 g/mol. The van der Waals surface area contributed by atoms with Crippen LogP contribution in [0, 0.1) is 11.6 Å². The van der Waals surface area contributed by atoms with E-state index in [4.69, 9.17) is 0 Å². The van der Waals surface area contributed by atoms with Crippen molar-refractivity contribution in [3.63, 3.8) is 0 Å². The molecule has 0 radical (unpaired) electrons. The molecule has 0 saturated heterocycles. The molecular weight excluding hydrogens is 384 g/mol. The van der Waals surface area contributed by atoms with Crippen molar-refractivity contribution < 1.29 is 8.78 Å². The fraction of sp³-hybridized carbons (Fsp3) is 0.0417. The lowest BCUT2D eigenvalue weighted by molar-refractivity contribution is 0.509. The lowest BCUT2D eigenvalue weighted by Gasteiger charge is -2.12.